The second-order valence-corrected chi connectivity index (χ2v) is 42.1. The second kappa shape index (κ2) is 68.8. The Hall–Kier alpha value is -8.13. The molecule has 0 atom stereocenters. The fourth-order valence-electron chi connectivity index (χ4n) is 11.1. The average Bonchev–Trinajstić information content (AvgIpc) is 1.67. The monoisotopic (exact) mass is 1880 g/mol. The number of aromatic nitrogens is 22. The summed E-state index contributed by atoms with van der Waals surface area (Å²) in [5.74, 6) is 16.3. The van der Waals surface area contributed by atoms with Crippen molar-refractivity contribution in [2.24, 2.45) is 25.9 Å². The molecule has 11 heterocycles. The summed E-state index contributed by atoms with van der Waals surface area (Å²) >= 11 is 3.55. The molecule has 0 fully saturated rings. The van der Waals surface area contributed by atoms with E-state index in [1.54, 1.807) is 33.6 Å². The molecule has 0 bridgehead atoms. The quantitative estimate of drug-likeness (QED) is 0.0687. The van der Waals surface area contributed by atoms with E-state index in [4.69, 9.17) is 8.94 Å². The third-order valence-electron chi connectivity index (χ3n) is 18.5. The normalized spacial score (nSPS) is 11.0. The lowest BCUT2D eigenvalue weighted by molar-refractivity contribution is 0.359. The molecule has 11 rings (SSSR count). The van der Waals surface area contributed by atoms with Crippen molar-refractivity contribution in [3.8, 4) is 0 Å². The topological polar surface area (TPSA) is 254 Å². The highest BCUT2D eigenvalue weighted by Gasteiger charge is 2.19. The predicted molar refractivity (Wildman–Crippen MR) is 567 cm³/mol. The Labute approximate surface area is 815 Å². The molecular weight excluding hydrogens is 1680 g/mol. The van der Waals surface area contributed by atoms with Crippen LogP contribution in [0.1, 0.15) is 567 Å². The van der Waals surface area contributed by atoms with E-state index in [0.717, 1.165) is 52.8 Å². The minimum absolute atomic E-state index is 0.329. The highest BCUT2D eigenvalue weighted by atomic mass is 32.1. The summed E-state index contributed by atoms with van der Waals surface area (Å²) in [7, 11) is 4.10. The predicted octanol–water partition coefficient (Wildman–Crippen LogP) is 32.5. The first-order valence-corrected chi connectivity index (χ1v) is 51.4. The van der Waals surface area contributed by atoms with Crippen LogP contribution in [0.5, 0.6) is 0 Å². The Kier molecular flexibility index (Phi) is 67.8. The maximum atomic E-state index is 5.38. The van der Waals surface area contributed by atoms with Crippen LogP contribution in [0.25, 0.3) is 0 Å². The molecular formula is C106H198N22O2S2. The van der Waals surface area contributed by atoms with E-state index in [2.05, 4.69) is 421 Å². The molecule has 24 nitrogen and oxygen atoms in total. The van der Waals surface area contributed by atoms with Crippen molar-refractivity contribution in [3.05, 3.63) is 169 Å². The molecule has 0 unspecified atom stereocenters. The molecule has 0 aliphatic heterocycles. The molecule has 132 heavy (non-hydrogen) atoms. The lowest BCUT2D eigenvalue weighted by Crippen LogP contribution is -2.05. The van der Waals surface area contributed by atoms with Gasteiger partial charge in [-0.3, -0.25) is 18.7 Å². The molecule has 0 saturated heterocycles. The summed E-state index contributed by atoms with van der Waals surface area (Å²) in [6, 6.07) is 6.55. The molecule has 0 saturated carbocycles. The highest BCUT2D eigenvalue weighted by molar-refractivity contribution is 7.10. The summed E-state index contributed by atoms with van der Waals surface area (Å²) in [6.07, 6.45) is 13.6. The first-order chi connectivity index (χ1) is 61.1. The number of hydrogen-bond acceptors (Lipinski definition) is 19. The summed E-state index contributed by atoms with van der Waals surface area (Å²) < 4.78 is 24.7. The van der Waals surface area contributed by atoms with Crippen molar-refractivity contribution in [2.75, 3.05) is 0 Å². The Balaban J connectivity index is -0.000000675. The van der Waals surface area contributed by atoms with Crippen LogP contribution in [0.3, 0.4) is 0 Å². The van der Waals surface area contributed by atoms with Crippen LogP contribution >= 0.6 is 22.7 Å². The van der Waals surface area contributed by atoms with Crippen molar-refractivity contribution in [1.82, 2.24) is 109 Å². The lowest BCUT2D eigenvalue weighted by Gasteiger charge is -2.09. The van der Waals surface area contributed by atoms with Gasteiger partial charge in [-0.1, -0.05) is 287 Å². The Morgan fingerprint density at radius 2 is 0.712 bits per heavy atom. The minimum Gasteiger partial charge on any atom is -0.425 e. The third-order valence-corrected chi connectivity index (χ3v) is 20.8. The molecule has 11 aromatic heterocycles. The number of nitrogens with zero attached hydrogens (tertiary/aromatic N) is 22. The maximum absolute atomic E-state index is 5.38. The van der Waals surface area contributed by atoms with Crippen LogP contribution in [0.4, 0.5) is 0 Å². The number of imidazole rings is 2. The van der Waals surface area contributed by atoms with E-state index < -0.39 is 0 Å². The van der Waals surface area contributed by atoms with Crippen LogP contribution in [0, 0.1) is 32.6 Å². The molecule has 0 aliphatic carbocycles. The second-order valence-electron chi connectivity index (χ2n) is 40.3. The molecule has 0 N–H and O–H groups in total. The van der Waals surface area contributed by atoms with E-state index in [1.165, 1.54) is 61.3 Å². The number of thiazole rings is 2. The molecule has 0 aromatic carbocycles. The zero-order chi connectivity index (χ0) is 103. The van der Waals surface area contributed by atoms with Crippen LogP contribution in [0.2, 0.25) is 0 Å². The minimum atomic E-state index is 0.329. The third kappa shape index (κ3) is 52.7. The van der Waals surface area contributed by atoms with Gasteiger partial charge in [-0.05, 0) is 155 Å². The summed E-state index contributed by atoms with van der Waals surface area (Å²) in [4.78, 5) is 22.0. The number of rotatable bonds is 20. The Morgan fingerprint density at radius 1 is 0.333 bits per heavy atom. The van der Waals surface area contributed by atoms with Crippen molar-refractivity contribution < 1.29 is 8.94 Å². The summed E-state index contributed by atoms with van der Waals surface area (Å²) in [6.45, 7) is 113. The van der Waals surface area contributed by atoms with Gasteiger partial charge in [-0.25, -0.2) is 19.9 Å². The van der Waals surface area contributed by atoms with E-state index in [-0.39, 0.29) is 0 Å². The molecule has 0 aliphatic rings. The van der Waals surface area contributed by atoms with E-state index in [1.807, 2.05) is 124 Å². The van der Waals surface area contributed by atoms with Gasteiger partial charge in [0.05, 0.1) is 50.4 Å². The Morgan fingerprint density at radius 3 is 0.886 bits per heavy atom. The van der Waals surface area contributed by atoms with Gasteiger partial charge < -0.3 is 22.6 Å². The lowest BCUT2D eigenvalue weighted by atomic mass is 10.0. The van der Waals surface area contributed by atoms with Gasteiger partial charge in [-0.15, -0.1) is 48.2 Å². The van der Waals surface area contributed by atoms with E-state index in [0.29, 0.717) is 119 Å². The zero-order valence-electron chi connectivity index (χ0n) is 94.5. The van der Waals surface area contributed by atoms with Crippen molar-refractivity contribution >= 4 is 22.7 Å². The van der Waals surface area contributed by atoms with Crippen LogP contribution in [-0.4, -0.2) is 109 Å². The number of aryl methyl sites for hydroxylation is 3. The fraction of sp³-hybridized carbons (Fsp3) is 0.726. The molecule has 0 amide bonds. The van der Waals surface area contributed by atoms with Crippen LogP contribution in [-0.2, 0) is 14.1 Å². The van der Waals surface area contributed by atoms with Gasteiger partial charge in [0.15, 0.2) is 5.82 Å². The smallest absolute Gasteiger partial charge is 0.229 e. The van der Waals surface area contributed by atoms with Crippen LogP contribution in [0.15, 0.2) is 75.2 Å². The first-order valence-electron chi connectivity index (χ1n) is 49.7. The molecule has 26 heteroatoms. The van der Waals surface area contributed by atoms with E-state index in [9.17, 15) is 0 Å². The SMILES string of the molecule is CC.CC.CC(C)C.CC(C)C.CC(C)c1ccn(C(C)C)n1.CC(C)c1ccn(C(C)C)n1.CC(C)c1cn(C)c(C(C)C)n1.CC(C)c1csc(C(C)C)n1.CC(C)c1csc(C(C)C)n1.CC(C)c1nnc(C(C)C)n1C.CC(C)c1nnc(C(C)C)o1.CC(C)c1noc(C(C)C)n1.CC(C)n1ccnn1.Cc1nccn1C(C)C.Cc1nn(C(C)C)c(C)c1C(C)C. The van der Waals surface area contributed by atoms with Crippen molar-refractivity contribution in [2.45, 2.75) is 486 Å². The zero-order valence-corrected chi connectivity index (χ0v) is 96.2. The summed E-state index contributed by atoms with van der Waals surface area (Å²) in [5, 5.41) is 47.7. The van der Waals surface area contributed by atoms with Crippen molar-refractivity contribution in [3.63, 3.8) is 0 Å². The number of hydrogen-bond donors (Lipinski definition) is 0. The molecule has 11 aromatic rings. The highest BCUT2D eigenvalue weighted by Crippen LogP contribution is 2.28. The van der Waals surface area contributed by atoms with Gasteiger partial charge >= 0.3 is 0 Å². The summed E-state index contributed by atoms with van der Waals surface area (Å²) in [5.41, 5.74) is 9.94. The first kappa shape index (κ1) is 130. The maximum Gasteiger partial charge on any atom is 0.229 e. The molecule has 756 valence electrons. The van der Waals surface area contributed by atoms with Crippen molar-refractivity contribution in [1.29, 1.82) is 0 Å². The van der Waals surface area contributed by atoms with Gasteiger partial charge in [-0.2, -0.15) is 20.3 Å². The van der Waals surface area contributed by atoms with Crippen LogP contribution < -0.4 is 0 Å². The average molecular weight is 1880 g/mol. The van der Waals surface area contributed by atoms with Gasteiger partial charge in [0.25, 0.3) is 0 Å². The van der Waals surface area contributed by atoms with Gasteiger partial charge in [0.2, 0.25) is 17.7 Å². The van der Waals surface area contributed by atoms with Gasteiger partial charge in [0, 0.05) is 151 Å². The molecule has 0 spiro atoms. The standard InChI is InChI=1S/C11H20N2.C10H18N2.C9H17N3.2C9H16N2.2C9H15NS.2C8H14N2O.C7H12N2.C5H9N3.2C4H10.2C2H6/c1-7(2)11-9(5)12-13(8(3)4)10(11)6;1-7(2)9-6-12(5)10(11-9)8(3)4;1-6(2)8-10-11-9(7(3)4)12(8)5;2*1-7(2)9-5-6-11(10-9)8(3)4;2*1-6(2)8-5-11-9(10-8)7(3)4;1-5(2)7-9-10-8(11-7)6(3)4;1-5(2)7-9-8(6(3)4)11-10-7;1-6(2)9-5-4-8-7(9)3;1-5(2)8-4-3-6-7-8;2*1-4(2)3;2*1-2/h7-8H,1-6H3;6-8H,1-5H3;6-7H,1-5H3;2*5-8H,1-4H3;2*5-7H,1-4H3;2*5-6H,1-4H3;4-6H,1-3H3;3-5H,1-2H3;2*4H,1-3H3;2*1-2H3. The van der Waals surface area contributed by atoms with Gasteiger partial charge in [0.1, 0.15) is 23.3 Å². The molecule has 0 radical (unpaired) electrons. The van der Waals surface area contributed by atoms with E-state index >= 15 is 0 Å². The fourth-order valence-corrected chi connectivity index (χ4v) is 13.1. The Bertz CT molecular complexity index is 3980. The largest absolute Gasteiger partial charge is 0.425 e.